The molecule has 0 aromatic heterocycles. The summed E-state index contributed by atoms with van der Waals surface area (Å²) < 4.78 is 0. The number of benzene rings is 1. The van der Waals surface area contributed by atoms with Gasteiger partial charge in [0.1, 0.15) is 0 Å². The lowest BCUT2D eigenvalue weighted by molar-refractivity contribution is 0.253. The van der Waals surface area contributed by atoms with Crippen LogP contribution in [0.25, 0.3) is 0 Å². The van der Waals surface area contributed by atoms with E-state index >= 15 is 0 Å². The summed E-state index contributed by atoms with van der Waals surface area (Å²) in [5.41, 5.74) is 1.22. The Hall–Kier alpha value is -0.570. The van der Waals surface area contributed by atoms with Crippen LogP contribution in [0.5, 0.6) is 0 Å². The third-order valence-electron chi connectivity index (χ3n) is 4.74. The maximum Gasteiger partial charge on any atom is 0.0453 e. The van der Waals surface area contributed by atoms with Gasteiger partial charge in [-0.05, 0) is 58.0 Å². The van der Waals surface area contributed by atoms with Crippen molar-refractivity contribution in [3.05, 3.63) is 34.9 Å². The third-order valence-corrected chi connectivity index (χ3v) is 5.09. The second-order valence-corrected chi connectivity index (χ2v) is 6.73. The SMILES string of the molecule is CC(c1ccccc1Cl)N(C)CCCNC1CCCCC1. The molecular weight excluding hydrogens is 280 g/mol. The highest BCUT2D eigenvalue weighted by molar-refractivity contribution is 6.31. The van der Waals surface area contributed by atoms with Gasteiger partial charge in [-0.15, -0.1) is 0 Å². The first kappa shape index (κ1) is 16.8. The monoisotopic (exact) mass is 308 g/mol. The summed E-state index contributed by atoms with van der Waals surface area (Å²) in [6, 6.07) is 9.30. The van der Waals surface area contributed by atoms with Gasteiger partial charge in [-0.25, -0.2) is 0 Å². The van der Waals surface area contributed by atoms with Crippen LogP contribution in [0.1, 0.15) is 57.1 Å². The van der Waals surface area contributed by atoms with Crippen molar-refractivity contribution in [3.8, 4) is 0 Å². The lowest BCUT2D eigenvalue weighted by Gasteiger charge is -2.27. The minimum Gasteiger partial charge on any atom is -0.314 e. The van der Waals surface area contributed by atoms with Crippen LogP contribution in [-0.2, 0) is 0 Å². The van der Waals surface area contributed by atoms with E-state index in [-0.39, 0.29) is 0 Å². The van der Waals surface area contributed by atoms with E-state index < -0.39 is 0 Å². The quantitative estimate of drug-likeness (QED) is 0.738. The van der Waals surface area contributed by atoms with E-state index in [0.29, 0.717) is 6.04 Å². The Balaban J connectivity index is 1.69. The molecule has 1 aliphatic carbocycles. The number of halogens is 1. The normalized spacial score (nSPS) is 18.1. The Kier molecular flexibility index (Phi) is 7.01. The van der Waals surface area contributed by atoms with Gasteiger partial charge in [0.2, 0.25) is 0 Å². The van der Waals surface area contributed by atoms with Gasteiger partial charge >= 0.3 is 0 Å². The number of nitrogens with one attached hydrogen (secondary N) is 1. The molecule has 0 bridgehead atoms. The Bertz CT molecular complexity index is 415. The Morgan fingerprint density at radius 3 is 2.67 bits per heavy atom. The molecule has 0 amide bonds. The van der Waals surface area contributed by atoms with Crippen molar-refractivity contribution >= 4 is 11.6 Å². The molecule has 1 saturated carbocycles. The highest BCUT2D eigenvalue weighted by Gasteiger charge is 2.15. The molecule has 2 rings (SSSR count). The van der Waals surface area contributed by atoms with Crippen LogP contribution >= 0.6 is 11.6 Å². The molecule has 3 heteroatoms. The summed E-state index contributed by atoms with van der Waals surface area (Å²) in [6.45, 7) is 4.46. The molecule has 0 aliphatic heterocycles. The maximum absolute atomic E-state index is 6.29. The van der Waals surface area contributed by atoms with E-state index in [4.69, 9.17) is 11.6 Å². The average molecular weight is 309 g/mol. The van der Waals surface area contributed by atoms with Crippen LogP contribution in [-0.4, -0.2) is 31.1 Å². The van der Waals surface area contributed by atoms with Gasteiger partial charge in [0.05, 0.1) is 0 Å². The fraction of sp³-hybridized carbons (Fsp3) is 0.667. The van der Waals surface area contributed by atoms with Gasteiger partial charge in [-0.2, -0.15) is 0 Å². The summed E-state index contributed by atoms with van der Waals surface area (Å²) >= 11 is 6.29. The van der Waals surface area contributed by atoms with Crippen LogP contribution < -0.4 is 5.32 Å². The lowest BCUT2D eigenvalue weighted by Crippen LogP contribution is -2.33. The Labute approximate surface area is 134 Å². The number of rotatable bonds is 7. The first-order valence-electron chi connectivity index (χ1n) is 8.36. The molecule has 1 aliphatic rings. The summed E-state index contributed by atoms with van der Waals surface area (Å²) in [7, 11) is 2.19. The Morgan fingerprint density at radius 1 is 1.24 bits per heavy atom. The van der Waals surface area contributed by atoms with Crippen molar-refractivity contribution in [2.24, 2.45) is 0 Å². The van der Waals surface area contributed by atoms with Crippen LogP contribution in [0, 0.1) is 0 Å². The zero-order valence-electron chi connectivity index (χ0n) is 13.4. The molecule has 1 unspecified atom stereocenters. The van der Waals surface area contributed by atoms with Gasteiger partial charge in [-0.3, -0.25) is 4.90 Å². The topological polar surface area (TPSA) is 15.3 Å². The average Bonchev–Trinajstić information content (AvgIpc) is 2.52. The van der Waals surface area contributed by atoms with Crippen molar-refractivity contribution in [2.45, 2.75) is 57.5 Å². The molecule has 0 saturated heterocycles. The molecule has 0 radical (unpaired) electrons. The number of nitrogens with zero attached hydrogens (tertiary/aromatic N) is 1. The molecule has 1 N–H and O–H groups in total. The van der Waals surface area contributed by atoms with Crippen molar-refractivity contribution in [3.63, 3.8) is 0 Å². The molecule has 1 atom stereocenters. The van der Waals surface area contributed by atoms with Crippen LogP contribution in [0.15, 0.2) is 24.3 Å². The summed E-state index contributed by atoms with van der Waals surface area (Å²) in [4.78, 5) is 2.39. The largest absolute Gasteiger partial charge is 0.314 e. The zero-order valence-corrected chi connectivity index (χ0v) is 14.2. The lowest BCUT2D eigenvalue weighted by atomic mass is 9.95. The molecule has 0 spiro atoms. The van der Waals surface area contributed by atoms with E-state index in [1.165, 1.54) is 44.1 Å². The van der Waals surface area contributed by atoms with Gasteiger partial charge < -0.3 is 5.32 Å². The highest BCUT2D eigenvalue weighted by atomic mass is 35.5. The predicted molar refractivity (Wildman–Crippen MR) is 92.0 cm³/mol. The van der Waals surface area contributed by atoms with Crippen molar-refractivity contribution < 1.29 is 0 Å². The van der Waals surface area contributed by atoms with E-state index in [2.05, 4.69) is 36.3 Å². The predicted octanol–water partition coefficient (Wildman–Crippen LogP) is 4.65. The molecule has 1 fully saturated rings. The second kappa shape index (κ2) is 8.77. The van der Waals surface area contributed by atoms with Gasteiger partial charge in [0.25, 0.3) is 0 Å². The van der Waals surface area contributed by atoms with E-state index in [1.54, 1.807) is 0 Å². The second-order valence-electron chi connectivity index (χ2n) is 6.32. The highest BCUT2D eigenvalue weighted by Crippen LogP contribution is 2.26. The summed E-state index contributed by atoms with van der Waals surface area (Å²) in [5, 5.41) is 4.59. The fourth-order valence-corrected chi connectivity index (χ4v) is 3.48. The molecule has 2 nitrogen and oxygen atoms in total. The van der Waals surface area contributed by atoms with Crippen molar-refractivity contribution in [1.29, 1.82) is 0 Å². The van der Waals surface area contributed by atoms with Crippen LogP contribution in [0.2, 0.25) is 5.02 Å². The number of hydrogen-bond donors (Lipinski definition) is 1. The first-order chi connectivity index (χ1) is 10.2. The minimum atomic E-state index is 0.369. The molecule has 1 aromatic rings. The molecule has 118 valence electrons. The van der Waals surface area contributed by atoms with Gasteiger partial charge in [-0.1, -0.05) is 49.1 Å². The third kappa shape index (κ3) is 5.28. The zero-order chi connectivity index (χ0) is 15.1. The summed E-state index contributed by atoms with van der Waals surface area (Å²) in [6.07, 6.45) is 8.16. The molecular formula is C18H29ClN2. The van der Waals surface area contributed by atoms with Crippen molar-refractivity contribution in [1.82, 2.24) is 10.2 Å². The van der Waals surface area contributed by atoms with E-state index in [0.717, 1.165) is 24.2 Å². The van der Waals surface area contributed by atoms with E-state index in [9.17, 15) is 0 Å². The smallest absolute Gasteiger partial charge is 0.0453 e. The molecule has 21 heavy (non-hydrogen) atoms. The van der Waals surface area contributed by atoms with E-state index in [1.807, 2.05) is 12.1 Å². The number of hydrogen-bond acceptors (Lipinski definition) is 2. The maximum atomic E-state index is 6.29. The molecule has 1 aromatic carbocycles. The molecule has 0 heterocycles. The van der Waals surface area contributed by atoms with Crippen LogP contribution in [0.4, 0.5) is 0 Å². The van der Waals surface area contributed by atoms with Gasteiger partial charge in [0.15, 0.2) is 0 Å². The minimum absolute atomic E-state index is 0.369. The standard InChI is InChI=1S/C18H29ClN2/c1-15(17-11-6-7-12-18(17)19)21(2)14-8-13-20-16-9-4-3-5-10-16/h6-7,11-12,15-16,20H,3-5,8-10,13-14H2,1-2H3. The van der Waals surface area contributed by atoms with Gasteiger partial charge in [0, 0.05) is 17.1 Å². The van der Waals surface area contributed by atoms with Crippen molar-refractivity contribution in [2.75, 3.05) is 20.1 Å². The fourth-order valence-electron chi connectivity index (χ4n) is 3.19. The Morgan fingerprint density at radius 2 is 1.95 bits per heavy atom. The summed E-state index contributed by atoms with van der Waals surface area (Å²) in [5.74, 6) is 0. The first-order valence-corrected chi connectivity index (χ1v) is 8.74. The van der Waals surface area contributed by atoms with Crippen LogP contribution in [0.3, 0.4) is 0 Å².